The fourth-order valence-electron chi connectivity index (χ4n) is 4.38. The van der Waals surface area contributed by atoms with Crippen LogP contribution in [-0.2, 0) is 9.53 Å². The first-order valence-electron chi connectivity index (χ1n) is 9.51. The molecular weight excluding hydrogens is 290 g/mol. The van der Waals surface area contributed by atoms with E-state index in [0.717, 1.165) is 65.3 Å². The average molecular weight is 323 g/mol. The molecule has 3 aliphatic rings. The number of nitrogens with zero attached hydrogens (tertiary/aromatic N) is 2. The molecule has 5 heteroatoms. The zero-order valence-corrected chi connectivity index (χ0v) is 14.7. The van der Waals surface area contributed by atoms with E-state index in [1.54, 1.807) is 0 Å². The molecule has 0 aromatic heterocycles. The van der Waals surface area contributed by atoms with Crippen LogP contribution in [0.4, 0.5) is 0 Å². The van der Waals surface area contributed by atoms with Crippen LogP contribution in [0.2, 0.25) is 0 Å². The van der Waals surface area contributed by atoms with Crippen LogP contribution in [0.1, 0.15) is 45.4 Å². The molecule has 0 spiro atoms. The summed E-state index contributed by atoms with van der Waals surface area (Å²) >= 11 is 0. The van der Waals surface area contributed by atoms with E-state index in [4.69, 9.17) is 4.74 Å². The van der Waals surface area contributed by atoms with Gasteiger partial charge in [0.1, 0.15) is 0 Å². The third-order valence-electron chi connectivity index (χ3n) is 5.76. The average Bonchev–Trinajstić information content (AvgIpc) is 3.20. The Hall–Kier alpha value is -0.650. The zero-order valence-electron chi connectivity index (χ0n) is 14.7. The first kappa shape index (κ1) is 17.2. The van der Waals surface area contributed by atoms with Crippen LogP contribution in [0, 0.1) is 5.92 Å². The number of likely N-dealkylation sites (tertiary alicyclic amines) is 1. The van der Waals surface area contributed by atoms with Gasteiger partial charge < -0.3 is 15.0 Å². The fraction of sp³-hybridized carbons (Fsp3) is 0.944. The van der Waals surface area contributed by atoms with E-state index in [1.807, 2.05) is 0 Å². The molecule has 0 bridgehead atoms. The lowest BCUT2D eigenvalue weighted by Gasteiger charge is -2.38. The highest BCUT2D eigenvalue weighted by atomic mass is 16.5. The molecule has 0 radical (unpaired) electrons. The molecule has 23 heavy (non-hydrogen) atoms. The first-order valence-corrected chi connectivity index (χ1v) is 9.51. The zero-order chi connectivity index (χ0) is 16.1. The van der Waals surface area contributed by atoms with Crippen molar-refractivity contribution in [1.82, 2.24) is 15.1 Å². The Morgan fingerprint density at radius 2 is 1.70 bits per heavy atom. The van der Waals surface area contributed by atoms with Crippen molar-refractivity contribution in [1.29, 1.82) is 0 Å². The maximum Gasteiger partial charge on any atom is 0.224 e. The molecule has 1 aliphatic carbocycles. The van der Waals surface area contributed by atoms with E-state index in [-0.39, 0.29) is 17.4 Å². The van der Waals surface area contributed by atoms with E-state index in [0.29, 0.717) is 0 Å². The molecular formula is C18H33N3O2. The summed E-state index contributed by atoms with van der Waals surface area (Å²) in [7, 11) is 0. The number of rotatable bonds is 6. The number of nitrogens with one attached hydrogen (secondary N) is 1. The molecule has 1 atom stereocenters. The molecule has 0 aromatic carbocycles. The van der Waals surface area contributed by atoms with Gasteiger partial charge in [-0.2, -0.15) is 0 Å². The monoisotopic (exact) mass is 323 g/mol. The van der Waals surface area contributed by atoms with E-state index in [1.165, 1.54) is 25.7 Å². The smallest absolute Gasteiger partial charge is 0.224 e. The van der Waals surface area contributed by atoms with Gasteiger partial charge in [-0.25, -0.2) is 0 Å². The molecule has 2 saturated heterocycles. The lowest BCUT2D eigenvalue weighted by molar-refractivity contribution is -0.127. The van der Waals surface area contributed by atoms with Gasteiger partial charge in [-0.1, -0.05) is 19.8 Å². The second-order valence-corrected chi connectivity index (χ2v) is 7.77. The summed E-state index contributed by atoms with van der Waals surface area (Å²) in [4.78, 5) is 17.7. The fourth-order valence-corrected chi connectivity index (χ4v) is 4.38. The maximum atomic E-state index is 12.8. The van der Waals surface area contributed by atoms with Crippen molar-refractivity contribution in [3.05, 3.63) is 0 Å². The molecule has 1 saturated carbocycles. The molecule has 0 unspecified atom stereocenters. The van der Waals surface area contributed by atoms with Crippen LogP contribution >= 0.6 is 0 Å². The van der Waals surface area contributed by atoms with Gasteiger partial charge in [-0.15, -0.1) is 0 Å². The normalized spacial score (nSPS) is 27.2. The minimum Gasteiger partial charge on any atom is -0.379 e. The van der Waals surface area contributed by atoms with E-state index < -0.39 is 0 Å². The van der Waals surface area contributed by atoms with Gasteiger partial charge in [0.05, 0.1) is 18.8 Å². The van der Waals surface area contributed by atoms with Crippen molar-refractivity contribution in [3.63, 3.8) is 0 Å². The van der Waals surface area contributed by atoms with Gasteiger partial charge in [0, 0.05) is 32.1 Å². The number of carbonyl (C=O) groups is 1. The summed E-state index contributed by atoms with van der Waals surface area (Å²) in [5, 5.41) is 3.47. The Balaban J connectivity index is 1.53. The lowest BCUT2D eigenvalue weighted by atomic mass is 9.95. The highest BCUT2D eigenvalue weighted by Crippen LogP contribution is 2.31. The third-order valence-corrected chi connectivity index (χ3v) is 5.76. The Bertz CT molecular complexity index is 384. The Labute approximate surface area is 140 Å². The second kappa shape index (κ2) is 7.95. The van der Waals surface area contributed by atoms with Gasteiger partial charge >= 0.3 is 0 Å². The van der Waals surface area contributed by atoms with Crippen LogP contribution in [0.3, 0.4) is 0 Å². The first-order chi connectivity index (χ1) is 11.2. The summed E-state index contributed by atoms with van der Waals surface area (Å²) < 4.78 is 5.46. The summed E-state index contributed by atoms with van der Waals surface area (Å²) in [6.07, 6.45) is 7.32. The van der Waals surface area contributed by atoms with Crippen molar-refractivity contribution >= 4 is 5.91 Å². The molecule has 1 amide bonds. The molecule has 0 aromatic rings. The minimum atomic E-state index is 0.00763. The number of ether oxygens (including phenoxy) is 1. The summed E-state index contributed by atoms with van der Waals surface area (Å²) in [6, 6.07) is 0. The van der Waals surface area contributed by atoms with Crippen molar-refractivity contribution in [2.75, 3.05) is 52.5 Å². The number of morpholine rings is 1. The van der Waals surface area contributed by atoms with Gasteiger partial charge in [0.25, 0.3) is 0 Å². The van der Waals surface area contributed by atoms with Crippen LogP contribution in [0.15, 0.2) is 0 Å². The Kier molecular flexibility index (Phi) is 5.94. The van der Waals surface area contributed by atoms with E-state index >= 15 is 0 Å². The van der Waals surface area contributed by atoms with E-state index in [2.05, 4.69) is 22.0 Å². The van der Waals surface area contributed by atoms with Gasteiger partial charge in [0.2, 0.25) is 5.91 Å². The third kappa shape index (κ3) is 4.68. The highest BCUT2D eigenvalue weighted by molar-refractivity contribution is 5.79. The Morgan fingerprint density at radius 3 is 2.35 bits per heavy atom. The summed E-state index contributed by atoms with van der Waals surface area (Å²) in [6.45, 7) is 9.99. The SMILES string of the molecule is C[C@H](CN1CCCC1)C(=O)NC1(CN2CCOCC2)CCCC1. The van der Waals surface area contributed by atoms with E-state index in [9.17, 15) is 4.79 Å². The number of amides is 1. The molecule has 132 valence electrons. The van der Waals surface area contributed by atoms with Crippen molar-refractivity contribution < 1.29 is 9.53 Å². The topological polar surface area (TPSA) is 44.8 Å². The standard InChI is InChI=1S/C18H33N3O2/c1-16(14-20-8-4-5-9-20)17(22)19-18(6-2-3-7-18)15-21-10-12-23-13-11-21/h16H,2-15H2,1H3,(H,19,22)/t16-/m1/s1. The number of hydrogen-bond acceptors (Lipinski definition) is 4. The van der Waals surface area contributed by atoms with Crippen LogP contribution in [0.5, 0.6) is 0 Å². The molecule has 1 N–H and O–H groups in total. The van der Waals surface area contributed by atoms with Crippen LogP contribution in [-0.4, -0.2) is 73.7 Å². The summed E-state index contributed by atoms with van der Waals surface area (Å²) in [5.41, 5.74) is 0.00763. The van der Waals surface area contributed by atoms with Crippen molar-refractivity contribution in [2.24, 2.45) is 5.92 Å². The summed E-state index contributed by atoms with van der Waals surface area (Å²) in [5.74, 6) is 0.349. The number of carbonyl (C=O) groups excluding carboxylic acids is 1. The highest BCUT2D eigenvalue weighted by Gasteiger charge is 2.38. The predicted octanol–water partition coefficient (Wildman–Crippen LogP) is 1.48. The largest absolute Gasteiger partial charge is 0.379 e. The van der Waals surface area contributed by atoms with Crippen molar-refractivity contribution in [3.8, 4) is 0 Å². The van der Waals surface area contributed by atoms with Gasteiger partial charge in [-0.05, 0) is 38.8 Å². The minimum absolute atomic E-state index is 0.00763. The number of hydrogen-bond donors (Lipinski definition) is 1. The molecule has 5 nitrogen and oxygen atoms in total. The van der Waals surface area contributed by atoms with Crippen LogP contribution in [0.25, 0.3) is 0 Å². The molecule has 2 heterocycles. The second-order valence-electron chi connectivity index (χ2n) is 7.77. The lowest BCUT2D eigenvalue weighted by Crippen LogP contribution is -2.57. The Morgan fingerprint density at radius 1 is 1.04 bits per heavy atom. The quantitative estimate of drug-likeness (QED) is 0.804. The van der Waals surface area contributed by atoms with Gasteiger partial charge in [0.15, 0.2) is 0 Å². The molecule has 3 rings (SSSR count). The van der Waals surface area contributed by atoms with Crippen molar-refractivity contribution in [2.45, 2.75) is 51.0 Å². The maximum absolute atomic E-state index is 12.8. The van der Waals surface area contributed by atoms with Crippen LogP contribution < -0.4 is 5.32 Å². The van der Waals surface area contributed by atoms with Gasteiger partial charge in [-0.3, -0.25) is 9.69 Å². The predicted molar refractivity (Wildman–Crippen MR) is 91.4 cm³/mol. The molecule has 3 fully saturated rings. The molecule has 2 aliphatic heterocycles.